The average Bonchev–Trinajstić information content (AvgIpc) is 3.10. The summed E-state index contributed by atoms with van der Waals surface area (Å²) in [6.07, 6.45) is 0.839. The second-order valence-electron chi connectivity index (χ2n) is 6.60. The Labute approximate surface area is 178 Å². The van der Waals surface area contributed by atoms with Crippen molar-refractivity contribution in [2.24, 2.45) is 0 Å². The Kier molecular flexibility index (Phi) is 6.58. The largest absolute Gasteiger partial charge is 0.298 e. The van der Waals surface area contributed by atoms with E-state index in [1.165, 1.54) is 35.1 Å². The van der Waals surface area contributed by atoms with Crippen LogP contribution in [0.15, 0.2) is 54.6 Å². The van der Waals surface area contributed by atoms with Crippen LogP contribution in [0.3, 0.4) is 0 Å². The van der Waals surface area contributed by atoms with Crippen molar-refractivity contribution < 1.29 is 9.72 Å². The number of hydrogen-bond donors (Lipinski definition) is 1. The van der Waals surface area contributed by atoms with E-state index in [2.05, 4.69) is 27.3 Å². The number of anilines is 1. The molecule has 2 aromatic carbocycles. The number of aromatic nitrogens is 1. The van der Waals surface area contributed by atoms with E-state index in [4.69, 9.17) is 0 Å². The molecular formula is C20H19ClN4O3S. The fourth-order valence-corrected chi connectivity index (χ4v) is 4.25. The fourth-order valence-electron chi connectivity index (χ4n) is 3.21. The van der Waals surface area contributed by atoms with Crippen molar-refractivity contribution in [3.8, 4) is 0 Å². The third-order valence-electron chi connectivity index (χ3n) is 4.60. The van der Waals surface area contributed by atoms with Crippen LogP contribution in [-0.4, -0.2) is 27.3 Å². The van der Waals surface area contributed by atoms with Crippen molar-refractivity contribution in [1.82, 2.24) is 9.88 Å². The van der Waals surface area contributed by atoms with E-state index < -0.39 is 10.8 Å². The molecule has 0 fully saturated rings. The summed E-state index contributed by atoms with van der Waals surface area (Å²) >= 11 is 1.46. The lowest BCUT2D eigenvalue weighted by molar-refractivity contribution is -0.384. The maximum Gasteiger partial charge on any atom is 0.270 e. The van der Waals surface area contributed by atoms with Crippen LogP contribution in [0.4, 0.5) is 10.8 Å². The molecule has 1 aromatic heterocycles. The molecular weight excluding hydrogens is 412 g/mol. The summed E-state index contributed by atoms with van der Waals surface area (Å²) in [4.78, 5) is 30.9. The normalized spacial score (nSPS) is 13.2. The minimum atomic E-state index is -0.514. The number of nitro groups is 1. The Morgan fingerprint density at radius 1 is 1.21 bits per heavy atom. The van der Waals surface area contributed by atoms with Crippen LogP contribution in [0, 0.1) is 10.1 Å². The summed E-state index contributed by atoms with van der Waals surface area (Å²) < 4.78 is 0. The predicted molar refractivity (Wildman–Crippen MR) is 115 cm³/mol. The van der Waals surface area contributed by atoms with Gasteiger partial charge in [-0.15, -0.1) is 23.7 Å². The molecule has 150 valence electrons. The van der Waals surface area contributed by atoms with Gasteiger partial charge in [-0.25, -0.2) is 4.98 Å². The summed E-state index contributed by atoms with van der Waals surface area (Å²) in [5, 5.41) is 14.2. The summed E-state index contributed by atoms with van der Waals surface area (Å²) in [6, 6.07) is 16.0. The minimum absolute atomic E-state index is 0. The third-order valence-corrected chi connectivity index (χ3v) is 5.60. The molecule has 1 N–H and O–H groups in total. The third kappa shape index (κ3) is 4.97. The zero-order valence-electron chi connectivity index (χ0n) is 15.4. The van der Waals surface area contributed by atoms with Gasteiger partial charge in [-0.2, -0.15) is 0 Å². The Balaban J connectivity index is 0.00000240. The molecule has 0 aliphatic carbocycles. The van der Waals surface area contributed by atoms with Crippen molar-refractivity contribution in [3.63, 3.8) is 0 Å². The number of thiazole rings is 1. The van der Waals surface area contributed by atoms with Crippen molar-refractivity contribution in [2.45, 2.75) is 19.5 Å². The summed E-state index contributed by atoms with van der Waals surface area (Å²) in [5.74, 6) is -0.393. The van der Waals surface area contributed by atoms with Gasteiger partial charge in [0.15, 0.2) is 5.13 Å². The number of nitrogens with one attached hydrogen (secondary N) is 1. The number of rotatable bonds is 5. The maximum absolute atomic E-state index is 12.4. The summed E-state index contributed by atoms with van der Waals surface area (Å²) in [7, 11) is 0. The molecule has 0 saturated carbocycles. The first kappa shape index (κ1) is 20.9. The first-order valence-corrected chi connectivity index (χ1v) is 9.71. The highest BCUT2D eigenvalue weighted by Gasteiger charge is 2.22. The number of halogens is 1. The van der Waals surface area contributed by atoms with Crippen LogP contribution in [0.25, 0.3) is 0 Å². The second-order valence-corrected chi connectivity index (χ2v) is 7.68. The molecule has 29 heavy (non-hydrogen) atoms. The molecule has 0 bridgehead atoms. The molecule has 0 spiro atoms. The number of nitrogens with zero attached hydrogens (tertiary/aromatic N) is 3. The topological polar surface area (TPSA) is 88.4 Å². The average molecular weight is 431 g/mol. The van der Waals surface area contributed by atoms with E-state index in [1.807, 2.05) is 18.2 Å². The summed E-state index contributed by atoms with van der Waals surface area (Å²) in [5.41, 5.74) is 2.43. The van der Waals surface area contributed by atoms with Crippen molar-refractivity contribution in [1.29, 1.82) is 0 Å². The first-order chi connectivity index (χ1) is 13.6. The van der Waals surface area contributed by atoms with Gasteiger partial charge in [0.1, 0.15) is 0 Å². The molecule has 1 aliphatic heterocycles. The van der Waals surface area contributed by atoms with Crippen LogP contribution >= 0.6 is 23.7 Å². The molecule has 4 rings (SSSR count). The molecule has 3 aromatic rings. The summed E-state index contributed by atoms with van der Waals surface area (Å²) in [6.45, 7) is 2.60. The van der Waals surface area contributed by atoms with Crippen molar-refractivity contribution >= 4 is 40.5 Å². The number of carbonyl (C=O) groups is 1. The van der Waals surface area contributed by atoms with Gasteiger partial charge in [0.25, 0.3) is 11.6 Å². The van der Waals surface area contributed by atoms with Crippen LogP contribution in [0.5, 0.6) is 0 Å². The molecule has 0 radical (unpaired) electrons. The van der Waals surface area contributed by atoms with E-state index in [-0.39, 0.29) is 23.7 Å². The van der Waals surface area contributed by atoms with Crippen LogP contribution < -0.4 is 5.32 Å². The van der Waals surface area contributed by atoms with Gasteiger partial charge in [-0.1, -0.05) is 36.4 Å². The minimum Gasteiger partial charge on any atom is -0.298 e. The second kappa shape index (κ2) is 9.13. The highest BCUT2D eigenvalue weighted by molar-refractivity contribution is 7.15. The monoisotopic (exact) mass is 430 g/mol. The van der Waals surface area contributed by atoms with Gasteiger partial charge in [0.05, 0.1) is 10.6 Å². The standard InChI is InChI=1S/C20H18N4O3S.ClH/c25-19(15-7-4-8-16(11-15)24(26)27)22-20-21-17-9-10-23(13-18(17)28-20)12-14-5-2-1-3-6-14;/h1-8,11H,9-10,12-13H2,(H,21,22,25);1H. The van der Waals surface area contributed by atoms with Crippen LogP contribution in [-0.2, 0) is 19.5 Å². The predicted octanol–water partition coefficient (Wildman–Crippen LogP) is 4.28. The number of fused-ring (bicyclic) bond motifs is 1. The van der Waals surface area contributed by atoms with E-state index in [1.54, 1.807) is 6.07 Å². The smallest absolute Gasteiger partial charge is 0.270 e. The number of amides is 1. The SMILES string of the molecule is Cl.O=C(Nc1nc2c(s1)CN(Cc1ccccc1)CC2)c1cccc([N+](=O)[O-])c1. The molecule has 0 unspecified atom stereocenters. The van der Waals surface area contributed by atoms with Crippen LogP contribution in [0.1, 0.15) is 26.5 Å². The van der Waals surface area contributed by atoms with Gasteiger partial charge in [-0.05, 0) is 11.6 Å². The lowest BCUT2D eigenvalue weighted by Gasteiger charge is -2.25. The zero-order valence-corrected chi connectivity index (χ0v) is 17.0. The lowest BCUT2D eigenvalue weighted by atomic mass is 10.1. The van der Waals surface area contributed by atoms with E-state index in [0.717, 1.165) is 36.6 Å². The van der Waals surface area contributed by atoms with Gasteiger partial charge in [-0.3, -0.25) is 25.1 Å². The molecule has 2 heterocycles. The molecule has 0 atom stereocenters. The number of hydrogen-bond acceptors (Lipinski definition) is 6. The van der Waals surface area contributed by atoms with Gasteiger partial charge in [0, 0.05) is 48.6 Å². The Morgan fingerprint density at radius 2 is 2.00 bits per heavy atom. The number of non-ortho nitro benzene ring substituents is 1. The maximum atomic E-state index is 12.4. The van der Waals surface area contributed by atoms with Gasteiger partial charge < -0.3 is 0 Å². The van der Waals surface area contributed by atoms with Gasteiger partial charge in [0.2, 0.25) is 0 Å². The first-order valence-electron chi connectivity index (χ1n) is 8.89. The fraction of sp³-hybridized carbons (Fsp3) is 0.200. The highest BCUT2D eigenvalue weighted by atomic mass is 35.5. The molecule has 1 aliphatic rings. The Hall–Kier alpha value is -2.81. The zero-order chi connectivity index (χ0) is 19.5. The highest BCUT2D eigenvalue weighted by Crippen LogP contribution is 2.29. The number of nitro benzene ring substituents is 1. The molecule has 9 heteroatoms. The molecule has 7 nitrogen and oxygen atoms in total. The Morgan fingerprint density at radius 3 is 2.76 bits per heavy atom. The Bertz CT molecular complexity index is 1030. The lowest BCUT2D eigenvalue weighted by Crippen LogP contribution is -2.29. The molecule has 1 amide bonds. The van der Waals surface area contributed by atoms with Crippen molar-refractivity contribution in [2.75, 3.05) is 11.9 Å². The number of carbonyl (C=O) groups excluding carboxylic acids is 1. The molecule has 0 saturated heterocycles. The quantitative estimate of drug-likeness (QED) is 0.482. The van der Waals surface area contributed by atoms with Crippen molar-refractivity contribution in [3.05, 3.63) is 86.4 Å². The van der Waals surface area contributed by atoms with E-state index >= 15 is 0 Å². The number of benzene rings is 2. The van der Waals surface area contributed by atoms with E-state index in [0.29, 0.717) is 5.13 Å². The van der Waals surface area contributed by atoms with Gasteiger partial charge >= 0.3 is 0 Å². The van der Waals surface area contributed by atoms with E-state index in [9.17, 15) is 14.9 Å². The van der Waals surface area contributed by atoms with Crippen LogP contribution in [0.2, 0.25) is 0 Å².